The molecule has 11 nitrogen and oxygen atoms in total. The molecule has 2 saturated carbocycles. The van der Waals surface area contributed by atoms with E-state index in [1.807, 2.05) is 0 Å². The van der Waals surface area contributed by atoms with Gasteiger partial charge in [-0.1, -0.05) is 11.6 Å². The first-order valence-electron chi connectivity index (χ1n) is 11.8. The van der Waals surface area contributed by atoms with Crippen LogP contribution in [-0.2, 0) is 9.47 Å². The highest BCUT2D eigenvalue weighted by Gasteiger charge is 2.92. The normalized spacial score (nSPS) is 30.1. The number of halogens is 1. The third kappa shape index (κ3) is 3.04. The molecule has 2 bridgehead atoms. The van der Waals surface area contributed by atoms with Crippen molar-refractivity contribution in [3.8, 4) is 0 Å². The molecular formula is C23H24ClN7O4. The van der Waals surface area contributed by atoms with E-state index >= 15 is 0 Å². The fraction of sp³-hybridized carbons (Fsp3) is 0.478. The zero-order chi connectivity index (χ0) is 23.9. The van der Waals surface area contributed by atoms with Crippen molar-refractivity contribution in [2.75, 3.05) is 37.5 Å². The van der Waals surface area contributed by atoms with Crippen molar-refractivity contribution < 1.29 is 14.3 Å². The third-order valence-corrected chi connectivity index (χ3v) is 7.94. The Kier molecular flexibility index (Phi) is 4.49. The van der Waals surface area contributed by atoms with Crippen molar-refractivity contribution in [2.45, 2.75) is 30.5 Å². The van der Waals surface area contributed by atoms with Crippen LogP contribution in [0.2, 0.25) is 5.02 Å². The van der Waals surface area contributed by atoms with E-state index in [-0.39, 0.29) is 29.2 Å². The summed E-state index contributed by atoms with van der Waals surface area (Å²) >= 11 is 6.36. The highest BCUT2D eigenvalue weighted by Crippen LogP contribution is 2.77. The molecule has 2 aliphatic carbocycles. The minimum absolute atomic E-state index is 0.0729. The zero-order valence-electron chi connectivity index (χ0n) is 19.0. The molecule has 1 unspecified atom stereocenters. The van der Waals surface area contributed by atoms with Gasteiger partial charge in [0.2, 0.25) is 0 Å². The standard InChI is InChI=1S/C23H24ClN7O4/c1-25-17-6-16(27-15-5-11(24)8-30(22(15)33)12-3-2-4-34-9-12)28-20-13(7-26-31(17)20)21(32)29-23-14-10-35-19(23)18(14)23/h5-8,12,14,18-19,25H,2-4,9-10H2,1H3,(H,27,28)(H,29,32)/t12?,14-,18-,19+,23-/m1/s1. The number of fused-ring (bicyclic) bond motifs is 2. The molecule has 3 aliphatic heterocycles. The Morgan fingerprint density at radius 1 is 1.31 bits per heavy atom. The van der Waals surface area contributed by atoms with Gasteiger partial charge in [-0.2, -0.15) is 9.61 Å². The summed E-state index contributed by atoms with van der Waals surface area (Å²) < 4.78 is 14.4. The Bertz CT molecular complexity index is 1410. The summed E-state index contributed by atoms with van der Waals surface area (Å²) in [6, 6.07) is 3.23. The van der Waals surface area contributed by atoms with Gasteiger partial charge < -0.3 is 30.0 Å². The van der Waals surface area contributed by atoms with E-state index in [1.54, 1.807) is 34.5 Å². The number of amides is 1. The predicted octanol–water partition coefficient (Wildman–Crippen LogP) is 1.81. The minimum atomic E-state index is -0.227. The summed E-state index contributed by atoms with van der Waals surface area (Å²) in [5, 5.41) is 14.1. The molecule has 8 rings (SSSR count). The van der Waals surface area contributed by atoms with Crippen LogP contribution >= 0.6 is 11.6 Å². The maximum Gasteiger partial charge on any atom is 0.274 e. The van der Waals surface area contributed by atoms with Crippen LogP contribution in [0.5, 0.6) is 0 Å². The molecule has 3 aromatic heterocycles. The molecule has 0 aromatic carbocycles. The van der Waals surface area contributed by atoms with Crippen molar-refractivity contribution in [3.05, 3.63) is 45.5 Å². The van der Waals surface area contributed by atoms with Gasteiger partial charge in [0.15, 0.2) is 5.65 Å². The van der Waals surface area contributed by atoms with Gasteiger partial charge in [0, 0.05) is 37.8 Å². The first-order valence-corrected chi connectivity index (χ1v) is 12.2. The Morgan fingerprint density at radius 2 is 2.20 bits per heavy atom. The number of aromatic nitrogens is 4. The first kappa shape index (κ1) is 21.2. The molecule has 35 heavy (non-hydrogen) atoms. The Labute approximate surface area is 204 Å². The molecule has 12 heteroatoms. The molecule has 1 amide bonds. The van der Waals surface area contributed by atoms with E-state index in [0.717, 1.165) is 12.8 Å². The molecule has 0 spiro atoms. The van der Waals surface area contributed by atoms with E-state index in [0.29, 0.717) is 65.2 Å². The summed E-state index contributed by atoms with van der Waals surface area (Å²) in [6.07, 6.45) is 5.03. The average Bonchev–Trinajstić information content (AvgIpc) is 3.35. The summed E-state index contributed by atoms with van der Waals surface area (Å²) in [6.45, 7) is 1.88. The third-order valence-electron chi connectivity index (χ3n) is 7.74. The topological polar surface area (TPSA) is 124 Å². The number of nitrogens with zero attached hydrogens (tertiary/aromatic N) is 4. The number of carbonyl (C=O) groups excluding carboxylic acids is 1. The van der Waals surface area contributed by atoms with Gasteiger partial charge >= 0.3 is 0 Å². The molecule has 6 heterocycles. The lowest BCUT2D eigenvalue weighted by Crippen LogP contribution is -2.35. The second kappa shape index (κ2) is 7.42. The van der Waals surface area contributed by atoms with Crippen LogP contribution in [0.15, 0.2) is 29.3 Å². The second-order valence-corrected chi connectivity index (χ2v) is 10.1. The molecule has 5 aliphatic rings. The highest BCUT2D eigenvalue weighted by atomic mass is 35.5. The number of anilines is 3. The van der Waals surface area contributed by atoms with Crippen LogP contribution in [-0.4, -0.2) is 63.6 Å². The van der Waals surface area contributed by atoms with Crippen LogP contribution in [0, 0.1) is 11.8 Å². The fourth-order valence-corrected chi connectivity index (χ4v) is 6.01. The van der Waals surface area contributed by atoms with Gasteiger partial charge in [0.05, 0.1) is 42.1 Å². The van der Waals surface area contributed by atoms with E-state index in [4.69, 9.17) is 21.1 Å². The largest absolute Gasteiger partial charge is 0.379 e. The quantitative estimate of drug-likeness (QED) is 0.471. The highest BCUT2D eigenvalue weighted by molar-refractivity contribution is 6.30. The Balaban J connectivity index is 1.22. The minimum Gasteiger partial charge on any atom is -0.379 e. The monoisotopic (exact) mass is 497 g/mol. The van der Waals surface area contributed by atoms with Gasteiger partial charge in [-0.25, -0.2) is 4.98 Å². The summed E-state index contributed by atoms with van der Waals surface area (Å²) in [4.78, 5) is 31.0. The van der Waals surface area contributed by atoms with Crippen molar-refractivity contribution in [2.24, 2.45) is 11.8 Å². The molecule has 3 N–H and O–H groups in total. The van der Waals surface area contributed by atoms with Crippen molar-refractivity contribution in [1.29, 1.82) is 0 Å². The van der Waals surface area contributed by atoms with Crippen molar-refractivity contribution >= 4 is 40.5 Å². The lowest BCUT2D eigenvalue weighted by molar-refractivity contribution is 0.0581. The van der Waals surface area contributed by atoms with E-state index in [9.17, 15) is 9.59 Å². The zero-order valence-corrected chi connectivity index (χ0v) is 19.7. The summed E-state index contributed by atoms with van der Waals surface area (Å²) in [5.41, 5.74) is 0.620. The number of rotatable bonds is 6. The first-order chi connectivity index (χ1) is 17.0. The van der Waals surface area contributed by atoms with Crippen LogP contribution in [0.3, 0.4) is 0 Å². The number of carbonyl (C=O) groups is 1. The maximum atomic E-state index is 13.3. The van der Waals surface area contributed by atoms with Crippen LogP contribution in [0.1, 0.15) is 29.2 Å². The fourth-order valence-electron chi connectivity index (χ4n) is 5.79. The van der Waals surface area contributed by atoms with Gasteiger partial charge in [-0.05, 0) is 18.9 Å². The van der Waals surface area contributed by atoms with Crippen LogP contribution in [0.25, 0.3) is 5.65 Å². The smallest absolute Gasteiger partial charge is 0.274 e. The maximum absolute atomic E-state index is 13.3. The molecule has 3 saturated heterocycles. The molecule has 5 fully saturated rings. The summed E-state index contributed by atoms with van der Waals surface area (Å²) in [7, 11) is 1.75. The van der Waals surface area contributed by atoms with E-state index < -0.39 is 0 Å². The summed E-state index contributed by atoms with van der Waals surface area (Å²) in [5.74, 6) is 1.65. The molecular weight excluding hydrogens is 474 g/mol. The predicted molar refractivity (Wildman–Crippen MR) is 128 cm³/mol. The number of pyridine rings is 1. The van der Waals surface area contributed by atoms with Gasteiger partial charge in [-0.15, -0.1) is 0 Å². The van der Waals surface area contributed by atoms with Gasteiger partial charge in [0.25, 0.3) is 11.5 Å². The van der Waals surface area contributed by atoms with Crippen LogP contribution in [0.4, 0.5) is 17.3 Å². The number of hydrogen-bond donors (Lipinski definition) is 3. The van der Waals surface area contributed by atoms with Gasteiger partial charge in [-0.3, -0.25) is 9.59 Å². The Morgan fingerprint density at radius 3 is 2.91 bits per heavy atom. The van der Waals surface area contributed by atoms with Crippen molar-refractivity contribution in [3.63, 3.8) is 0 Å². The number of nitrogens with one attached hydrogen (secondary N) is 3. The lowest BCUT2D eigenvalue weighted by Gasteiger charge is -2.25. The molecule has 0 radical (unpaired) electrons. The average molecular weight is 498 g/mol. The molecule has 3 aromatic rings. The number of hydrogen-bond acceptors (Lipinski definition) is 8. The van der Waals surface area contributed by atoms with Crippen LogP contribution < -0.4 is 21.5 Å². The molecule has 182 valence electrons. The lowest BCUT2D eigenvalue weighted by atomic mass is 10.1. The van der Waals surface area contributed by atoms with Gasteiger partial charge in [0.1, 0.15) is 22.9 Å². The van der Waals surface area contributed by atoms with Crippen molar-refractivity contribution in [1.82, 2.24) is 24.5 Å². The second-order valence-electron chi connectivity index (χ2n) is 9.62. The van der Waals surface area contributed by atoms with E-state index in [1.165, 1.54) is 6.20 Å². The van der Waals surface area contributed by atoms with E-state index in [2.05, 4.69) is 26.0 Å². The number of ether oxygens (including phenoxy) is 2. The Hall–Kier alpha value is -3.15. The SMILES string of the molecule is CNc1cc(Nc2cc(Cl)cn(C3CCCOC3)c2=O)nc2c(C(=O)N[C@@]34[C@@H]5[C@H]3CO[C@@H]54)cnn12. The molecule has 5 atom stereocenters.